The average Bonchev–Trinajstić information content (AvgIpc) is 2.48. The molecule has 22 heavy (non-hydrogen) atoms. The zero-order valence-corrected chi connectivity index (χ0v) is 12.9. The monoisotopic (exact) mass is 310 g/mol. The lowest BCUT2D eigenvalue weighted by atomic mass is 10.2. The molecular weight excluding hydrogens is 288 g/mol. The van der Waals surface area contributed by atoms with E-state index in [1.165, 1.54) is 24.3 Å². The van der Waals surface area contributed by atoms with Crippen LogP contribution in [0.15, 0.2) is 24.3 Å². The topological polar surface area (TPSA) is 90.7 Å². The van der Waals surface area contributed by atoms with Crippen LogP contribution in [0.4, 0.5) is 5.69 Å². The molecule has 0 atom stereocenters. The minimum Gasteiger partial charge on any atom is -0.484 e. The summed E-state index contributed by atoms with van der Waals surface area (Å²) in [6, 6.07) is 5.59. The number of nitrogens with one attached hydrogen (secondary N) is 1. The van der Waals surface area contributed by atoms with Gasteiger partial charge in [-0.05, 0) is 24.5 Å². The maximum atomic E-state index is 11.5. The summed E-state index contributed by atoms with van der Waals surface area (Å²) >= 11 is 0. The first kappa shape index (κ1) is 17.9. The molecule has 0 heterocycles. The molecule has 1 N–H and O–H groups in total. The Morgan fingerprint density at radius 2 is 2.00 bits per heavy atom. The molecule has 7 nitrogen and oxygen atoms in total. The van der Waals surface area contributed by atoms with Gasteiger partial charge in [0.2, 0.25) is 0 Å². The van der Waals surface area contributed by atoms with Crippen molar-refractivity contribution in [2.75, 3.05) is 26.4 Å². The van der Waals surface area contributed by atoms with Crippen molar-refractivity contribution in [1.82, 2.24) is 5.32 Å². The number of carbonyl (C=O) groups excluding carboxylic acids is 1. The van der Waals surface area contributed by atoms with Gasteiger partial charge in [-0.3, -0.25) is 14.9 Å². The predicted octanol–water partition coefficient (Wildman–Crippen LogP) is 2.15. The van der Waals surface area contributed by atoms with Crippen LogP contribution in [-0.4, -0.2) is 37.2 Å². The predicted molar refractivity (Wildman–Crippen MR) is 81.9 cm³/mol. The van der Waals surface area contributed by atoms with Gasteiger partial charge in [0.05, 0.1) is 4.92 Å². The van der Waals surface area contributed by atoms with Crippen molar-refractivity contribution in [1.29, 1.82) is 0 Å². The molecule has 0 saturated heterocycles. The van der Waals surface area contributed by atoms with Crippen LogP contribution in [-0.2, 0) is 9.53 Å². The molecule has 0 unspecified atom stereocenters. The van der Waals surface area contributed by atoms with Crippen LogP contribution >= 0.6 is 0 Å². The van der Waals surface area contributed by atoms with Gasteiger partial charge in [-0.25, -0.2) is 0 Å². The quantitative estimate of drug-likeness (QED) is 0.406. The maximum Gasteiger partial charge on any atom is 0.269 e. The Kier molecular flexibility index (Phi) is 7.91. The highest BCUT2D eigenvalue weighted by Crippen LogP contribution is 2.16. The Labute approximate surface area is 129 Å². The first-order chi connectivity index (χ1) is 10.5. The van der Waals surface area contributed by atoms with Crippen LogP contribution in [0.2, 0.25) is 0 Å². The number of hydrogen-bond acceptors (Lipinski definition) is 5. The van der Waals surface area contributed by atoms with Gasteiger partial charge in [-0.15, -0.1) is 0 Å². The first-order valence-corrected chi connectivity index (χ1v) is 7.20. The summed E-state index contributed by atoms with van der Waals surface area (Å²) in [5.41, 5.74) is -0.0156. The fourth-order valence-electron chi connectivity index (χ4n) is 1.59. The summed E-state index contributed by atoms with van der Waals surface area (Å²) in [6.07, 6.45) is 0.746. The lowest BCUT2D eigenvalue weighted by molar-refractivity contribution is -0.384. The third-order valence-corrected chi connectivity index (χ3v) is 2.66. The molecule has 122 valence electrons. The molecule has 1 aromatic rings. The fraction of sp³-hybridized carbons (Fsp3) is 0.533. The highest BCUT2D eigenvalue weighted by molar-refractivity contribution is 5.77. The Morgan fingerprint density at radius 1 is 1.32 bits per heavy atom. The third kappa shape index (κ3) is 7.58. The largest absolute Gasteiger partial charge is 0.484 e. The van der Waals surface area contributed by atoms with E-state index in [-0.39, 0.29) is 18.2 Å². The van der Waals surface area contributed by atoms with Crippen molar-refractivity contribution in [3.05, 3.63) is 34.4 Å². The van der Waals surface area contributed by atoms with Gasteiger partial charge in [0.1, 0.15) is 5.75 Å². The molecule has 0 aromatic heterocycles. The van der Waals surface area contributed by atoms with Crippen molar-refractivity contribution < 1.29 is 19.2 Å². The van der Waals surface area contributed by atoms with Gasteiger partial charge in [0.25, 0.3) is 11.6 Å². The number of non-ortho nitro benzene ring substituents is 1. The van der Waals surface area contributed by atoms with E-state index in [4.69, 9.17) is 9.47 Å². The number of nitro benzene ring substituents is 1. The SMILES string of the molecule is CC(C)COCCCNC(=O)COc1ccc([N+](=O)[O-])cc1. The maximum absolute atomic E-state index is 11.5. The van der Waals surface area contributed by atoms with Crippen LogP contribution in [0.25, 0.3) is 0 Å². The van der Waals surface area contributed by atoms with Gasteiger partial charge in [-0.2, -0.15) is 0 Å². The fourth-order valence-corrected chi connectivity index (χ4v) is 1.59. The average molecular weight is 310 g/mol. The summed E-state index contributed by atoms with van der Waals surface area (Å²) < 4.78 is 10.6. The van der Waals surface area contributed by atoms with Crippen molar-refractivity contribution in [3.8, 4) is 5.75 Å². The highest BCUT2D eigenvalue weighted by atomic mass is 16.6. The smallest absolute Gasteiger partial charge is 0.269 e. The van der Waals surface area contributed by atoms with Gasteiger partial charge in [-0.1, -0.05) is 13.8 Å². The van der Waals surface area contributed by atoms with Gasteiger partial charge in [0.15, 0.2) is 6.61 Å². The number of nitro groups is 1. The Bertz CT molecular complexity index is 473. The van der Waals surface area contributed by atoms with Crippen LogP contribution < -0.4 is 10.1 Å². The third-order valence-electron chi connectivity index (χ3n) is 2.66. The molecular formula is C15H22N2O5. The van der Waals surface area contributed by atoms with Gasteiger partial charge >= 0.3 is 0 Å². The zero-order chi connectivity index (χ0) is 16.4. The van der Waals surface area contributed by atoms with Crippen molar-refractivity contribution in [2.45, 2.75) is 20.3 Å². The van der Waals surface area contributed by atoms with E-state index < -0.39 is 4.92 Å². The van der Waals surface area contributed by atoms with Crippen molar-refractivity contribution in [3.63, 3.8) is 0 Å². The van der Waals surface area contributed by atoms with Crippen molar-refractivity contribution in [2.24, 2.45) is 5.92 Å². The molecule has 1 aromatic carbocycles. The summed E-state index contributed by atoms with van der Waals surface area (Å²) in [5.74, 6) is 0.688. The summed E-state index contributed by atoms with van der Waals surface area (Å²) in [5, 5.41) is 13.2. The van der Waals surface area contributed by atoms with E-state index in [1.54, 1.807) is 0 Å². The summed E-state index contributed by atoms with van der Waals surface area (Å²) in [7, 11) is 0. The molecule has 0 saturated carbocycles. The number of rotatable bonds is 10. The van der Waals surface area contributed by atoms with Gasteiger partial charge < -0.3 is 14.8 Å². The summed E-state index contributed by atoms with van der Waals surface area (Å²) in [4.78, 5) is 21.6. The number of ether oxygens (including phenoxy) is 2. The Morgan fingerprint density at radius 3 is 2.59 bits per heavy atom. The number of benzene rings is 1. The van der Waals surface area contributed by atoms with Crippen LogP contribution in [0.3, 0.4) is 0 Å². The minimum absolute atomic E-state index is 0.0156. The molecule has 0 radical (unpaired) electrons. The van der Waals surface area contributed by atoms with E-state index in [2.05, 4.69) is 19.2 Å². The Balaban J connectivity index is 2.14. The summed E-state index contributed by atoms with van der Waals surface area (Å²) in [6.45, 7) is 5.90. The molecule has 0 spiro atoms. The van der Waals surface area contributed by atoms with Crippen LogP contribution in [0.1, 0.15) is 20.3 Å². The molecule has 0 aliphatic heterocycles. The van der Waals surface area contributed by atoms with E-state index in [9.17, 15) is 14.9 Å². The molecule has 1 rings (SSSR count). The highest BCUT2D eigenvalue weighted by Gasteiger charge is 2.06. The van der Waals surface area contributed by atoms with Crippen LogP contribution in [0.5, 0.6) is 5.75 Å². The molecule has 0 bridgehead atoms. The molecule has 1 amide bonds. The number of nitrogens with zero attached hydrogens (tertiary/aromatic N) is 1. The minimum atomic E-state index is -0.488. The number of carbonyl (C=O) groups is 1. The second-order valence-electron chi connectivity index (χ2n) is 5.21. The first-order valence-electron chi connectivity index (χ1n) is 7.20. The molecule has 0 aliphatic rings. The second-order valence-corrected chi connectivity index (χ2v) is 5.21. The molecule has 7 heteroatoms. The van der Waals surface area contributed by atoms with Crippen LogP contribution in [0, 0.1) is 16.0 Å². The van der Waals surface area contributed by atoms with E-state index in [1.807, 2.05) is 0 Å². The molecule has 0 fully saturated rings. The number of hydrogen-bond donors (Lipinski definition) is 1. The zero-order valence-electron chi connectivity index (χ0n) is 12.9. The number of amides is 1. The van der Waals surface area contributed by atoms with E-state index in [0.29, 0.717) is 24.8 Å². The standard InChI is InChI=1S/C15H22N2O5/c1-12(2)10-21-9-3-8-16-15(18)11-22-14-6-4-13(5-7-14)17(19)20/h4-7,12H,3,8-11H2,1-2H3,(H,16,18). The lowest BCUT2D eigenvalue weighted by Crippen LogP contribution is -2.30. The molecule has 0 aliphatic carbocycles. The normalized spacial score (nSPS) is 10.5. The van der Waals surface area contributed by atoms with Gasteiger partial charge in [0, 0.05) is 31.9 Å². The Hall–Kier alpha value is -2.15. The van der Waals surface area contributed by atoms with E-state index in [0.717, 1.165) is 13.0 Å². The van der Waals surface area contributed by atoms with E-state index >= 15 is 0 Å². The van der Waals surface area contributed by atoms with Crippen molar-refractivity contribution >= 4 is 11.6 Å². The lowest BCUT2D eigenvalue weighted by Gasteiger charge is -2.08. The second kappa shape index (κ2) is 9.73.